The predicted octanol–water partition coefficient (Wildman–Crippen LogP) is 4.04. The van der Waals surface area contributed by atoms with Crippen molar-refractivity contribution >= 4 is 45.0 Å². The first-order valence-corrected chi connectivity index (χ1v) is 6.60. The second kappa shape index (κ2) is 5.77. The SMILES string of the molecule is NC(=O)c1cnc(Oc2cc(Br)ccc2Cl)c(Cl)c1. The fourth-order valence-electron chi connectivity index (χ4n) is 1.29. The molecule has 0 radical (unpaired) electrons. The number of nitrogens with two attached hydrogens (primary N) is 1. The van der Waals surface area contributed by atoms with Gasteiger partial charge in [-0.1, -0.05) is 39.1 Å². The molecule has 1 amide bonds. The zero-order chi connectivity index (χ0) is 14.0. The van der Waals surface area contributed by atoms with Crippen molar-refractivity contribution in [3.05, 3.63) is 50.5 Å². The average molecular weight is 362 g/mol. The molecule has 0 aliphatic heterocycles. The zero-order valence-corrected chi connectivity index (χ0v) is 12.5. The second-order valence-electron chi connectivity index (χ2n) is 3.55. The van der Waals surface area contributed by atoms with Gasteiger partial charge >= 0.3 is 0 Å². The van der Waals surface area contributed by atoms with Crippen molar-refractivity contribution in [2.24, 2.45) is 5.73 Å². The van der Waals surface area contributed by atoms with Crippen LogP contribution in [0.2, 0.25) is 10.0 Å². The van der Waals surface area contributed by atoms with Gasteiger partial charge in [0.15, 0.2) is 0 Å². The lowest BCUT2D eigenvalue weighted by atomic mass is 10.3. The second-order valence-corrected chi connectivity index (χ2v) is 5.28. The molecule has 0 aliphatic rings. The van der Waals surface area contributed by atoms with Crippen LogP contribution in [-0.4, -0.2) is 10.9 Å². The molecule has 0 aliphatic carbocycles. The Morgan fingerprint density at radius 3 is 2.63 bits per heavy atom. The average Bonchev–Trinajstić information content (AvgIpc) is 2.36. The molecule has 0 atom stereocenters. The lowest BCUT2D eigenvalue weighted by Crippen LogP contribution is -2.11. The van der Waals surface area contributed by atoms with Gasteiger partial charge in [0, 0.05) is 10.7 Å². The number of halogens is 3. The van der Waals surface area contributed by atoms with E-state index in [1.165, 1.54) is 12.3 Å². The first kappa shape index (κ1) is 14.1. The van der Waals surface area contributed by atoms with Crippen molar-refractivity contribution in [1.82, 2.24) is 4.98 Å². The van der Waals surface area contributed by atoms with Crippen molar-refractivity contribution in [3.63, 3.8) is 0 Å². The van der Waals surface area contributed by atoms with E-state index in [1.807, 2.05) is 0 Å². The molecule has 0 saturated heterocycles. The Labute approximate surface area is 127 Å². The van der Waals surface area contributed by atoms with E-state index in [1.54, 1.807) is 18.2 Å². The zero-order valence-electron chi connectivity index (χ0n) is 9.36. The van der Waals surface area contributed by atoms with Gasteiger partial charge < -0.3 is 10.5 Å². The van der Waals surface area contributed by atoms with Crippen LogP contribution in [0, 0.1) is 0 Å². The fourth-order valence-corrected chi connectivity index (χ4v) is 2.00. The van der Waals surface area contributed by atoms with Crippen LogP contribution in [0.15, 0.2) is 34.9 Å². The van der Waals surface area contributed by atoms with Crippen molar-refractivity contribution < 1.29 is 9.53 Å². The normalized spacial score (nSPS) is 10.3. The third-order valence-electron chi connectivity index (χ3n) is 2.19. The Balaban J connectivity index is 2.33. The maximum Gasteiger partial charge on any atom is 0.250 e. The highest BCUT2D eigenvalue weighted by Crippen LogP contribution is 2.34. The molecule has 1 aromatic heterocycles. The highest BCUT2D eigenvalue weighted by Gasteiger charge is 2.11. The first-order chi connectivity index (χ1) is 8.97. The molecule has 19 heavy (non-hydrogen) atoms. The van der Waals surface area contributed by atoms with Crippen LogP contribution in [0.1, 0.15) is 10.4 Å². The Morgan fingerprint density at radius 2 is 2.00 bits per heavy atom. The molecular formula is C12H7BrCl2N2O2. The summed E-state index contributed by atoms with van der Waals surface area (Å²) in [5.74, 6) is -0.0645. The highest BCUT2D eigenvalue weighted by atomic mass is 79.9. The molecule has 1 heterocycles. The predicted molar refractivity (Wildman–Crippen MR) is 77.0 cm³/mol. The van der Waals surface area contributed by atoms with Gasteiger partial charge in [0.2, 0.25) is 11.8 Å². The summed E-state index contributed by atoms with van der Waals surface area (Å²) in [7, 11) is 0. The van der Waals surface area contributed by atoms with Gasteiger partial charge in [-0.15, -0.1) is 0 Å². The third-order valence-corrected chi connectivity index (χ3v) is 3.27. The standard InChI is InChI=1S/C12H7BrCl2N2O2/c13-7-1-2-8(14)10(4-7)19-12-9(15)3-6(5-17-12)11(16)18/h1-5H,(H2,16,18). The van der Waals surface area contributed by atoms with Gasteiger partial charge in [-0.05, 0) is 24.3 Å². The molecule has 0 saturated carbocycles. The van der Waals surface area contributed by atoms with E-state index in [0.717, 1.165) is 4.47 Å². The number of amides is 1. The molecule has 2 N–H and O–H groups in total. The Kier molecular flexibility index (Phi) is 4.29. The van der Waals surface area contributed by atoms with Gasteiger partial charge in [-0.2, -0.15) is 0 Å². The van der Waals surface area contributed by atoms with Crippen molar-refractivity contribution in [3.8, 4) is 11.6 Å². The molecule has 7 heteroatoms. The molecule has 0 fully saturated rings. The van der Waals surface area contributed by atoms with Gasteiger partial charge in [-0.25, -0.2) is 4.98 Å². The van der Waals surface area contributed by atoms with Crippen molar-refractivity contribution in [2.75, 3.05) is 0 Å². The number of benzene rings is 1. The molecule has 2 rings (SSSR count). The van der Waals surface area contributed by atoms with Crippen LogP contribution >= 0.6 is 39.1 Å². The number of hydrogen-bond donors (Lipinski definition) is 1. The number of aromatic nitrogens is 1. The van der Waals surface area contributed by atoms with Crippen molar-refractivity contribution in [2.45, 2.75) is 0 Å². The number of nitrogens with zero attached hydrogens (tertiary/aromatic N) is 1. The number of primary amides is 1. The summed E-state index contributed by atoms with van der Waals surface area (Å²) in [6.07, 6.45) is 1.29. The molecule has 2 aromatic rings. The first-order valence-electron chi connectivity index (χ1n) is 5.05. The monoisotopic (exact) mass is 360 g/mol. The minimum atomic E-state index is -0.610. The summed E-state index contributed by atoms with van der Waals surface area (Å²) < 4.78 is 6.30. The van der Waals surface area contributed by atoms with Crippen LogP contribution in [0.5, 0.6) is 11.6 Å². The largest absolute Gasteiger partial charge is 0.436 e. The fraction of sp³-hybridized carbons (Fsp3) is 0. The van der Waals surface area contributed by atoms with E-state index in [-0.39, 0.29) is 16.5 Å². The van der Waals surface area contributed by atoms with Crippen LogP contribution < -0.4 is 10.5 Å². The molecule has 98 valence electrons. The van der Waals surface area contributed by atoms with Gasteiger partial charge in [-0.3, -0.25) is 4.79 Å². The molecule has 1 aromatic carbocycles. The molecule has 0 spiro atoms. The van der Waals surface area contributed by atoms with E-state index >= 15 is 0 Å². The number of pyridine rings is 1. The van der Waals surface area contributed by atoms with E-state index in [0.29, 0.717) is 10.8 Å². The summed E-state index contributed by atoms with van der Waals surface area (Å²) in [6.45, 7) is 0. The van der Waals surface area contributed by atoms with E-state index in [9.17, 15) is 4.79 Å². The van der Waals surface area contributed by atoms with Gasteiger partial charge in [0.25, 0.3) is 0 Å². The van der Waals surface area contributed by atoms with E-state index in [2.05, 4.69) is 20.9 Å². The maximum atomic E-state index is 11.0. The van der Waals surface area contributed by atoms with Crippen LogP contribution in [0.25, 0.3) is 0 Å². The minimum Gasteiger partial charge on any atom is -0.436 e. The highest BCUT2D eigenvalue weighted by molar-refractivity contribution is 9.10. The molecule has 4 nitrogen and oxygen atoms in total. The Morgan fingerprint density at radius 1 is 1.26 bits per heavy atom. The van der Waals surface area contributed by atoms with Crippen LogP contribution in [0.3, 0.4) is 0 Å². The van der Waals surface area contributed by atoms with Crippen LogP contribution in [0.4, 0.5) is 0 Å². The number of hydrogen-bond acceptors (Lipinski definition) is 3. The summed E-state index contributed by atoms with van der Waals surface area (Å²) in [5.41, 5.74) is 5.33. The van der Waals surface area contributed by atoms with E-state index < -0.39 is 5.91 Å². The summed E-state index contributed by atoms with van der Waals surface area (Å²) in [6, 6.07) is 6.52. The smallest absolute Gasteiger partial charge is 0.250 e. The lowest BCUT2D eigenvalue weighted by molar-refractivity contribution is 0.1000. The number of ether oxygens (including phenoxy) is 1. The summed E-state index contributed by atoms with van der Waals surface area (Å²) in [4.78, 5) is 14.9. The van der Waals surface area contributed by atoms with Gasteiger partial charge in [0.05, 0.1) is 10.6 Å². The van der Waals surface area contributed by atoms with E-state index in [4.69, 9.17) is 33.7 Å². The lowest BCUT2D eigenvalue weighted by Gasteiger charge is -2.09. The Bertz CT molecular complexity index is 650. The minimum absolute atomic E-state index is 0.145. The number of carbonyl (C=O) groups excluding carboxylic acids is 1. The van der Waals surface area contributed by atoms with Crippen LogP contribution in [-0.2, 0) is 0 Å². The third kappa shape index (κ3) is 3.37. The maximum absolute atomic E-state index is 11.0. The topological polar surface area (TPSA) is 65.2 Å². The number of carbonyl (C=O) groups is 1. The number of rotatable bonds is 3. The summed E-state index contributed by atoms with van der Waals surface area (Å²) in [5, 5.41) is 0.590. The quantitative estimate of drug-likeness (QED) is 0.896. The molecule has 0 unspecified atom stereocenters. The van der Waals surface area contributed by atoms with Gasteiger partial charge in [0.1, 0.15) is 10.8 Å². The Hall–Kier alpha value is -1.30. The van der Waals surface area contributed by atoms with Crippen molar-refractivity contribution in [1.29, 1.82) is 0 Å². The summed E-state index contributed by atoms with van der Waals surface area (Å²) >= 11 is 15.3. The molecule has 0 bridgehead atoms. The molecular weight excluding hydrogens is 355 g/mol.